The number of hydrogen-bond donors (Lipinski definition) is 1. The Morgan fingerprint density at radius 3 is 2.54 bits per heavy atom. The first-order valence-electron chi connectivity index (χ1n) is 12.1. The van der Waals surface area contributed by atoms with Crippen molar-refractivity contribution in [2.75, 3.05) is 26.9 Å². The largest absolute Gasteiger partial charge is 0.507 e. The quantitative estimate of drug-likeness (QED) is 0.210. The van der Waals surface area contributed by atoms with E-state index in [2.05, 4.69) is 0 Å². The SMILES string of the molecule is CCCOc1ccc(/C(O)=C2/C(=O)C(=O)N(CCCOC(C)C)C2c2cccc(OC)c2)cc1C. The summed E-state index contributed by atoms with van der Waals surface area (Å²) in [6.07, 6.45) is 1.52. The normalized spacial score (nSPS) is 17.3. The summed E-state index contributed by atoms with van der Waals surface area (Å²) in [6.45, 7) is 9.18. The zero-order valence-electron chi connectivity index (χ0n) is 21.2. The predicted molar refractivity (Wildman–Crippen MR) is 135 cm³/mol. The lowest BCUT2D eigenvalue weighted by molar-refractivity contribution is -0.140. The van der Waals surface area contributed by atoms with Gasteiger partial charge in [0.05, 0.1) is 31.4 Å². The number of aliphatic hydroxyl groups excluding tert-OH is 1. The van der Waals surface area contributed by atoms with Crippen LogP contribution in [0.2, 0.25) is 0 Å². The number of carbonyl (C=O) groups excluding carboxylic acids is 2. The summed E-state index contributed by atoms with van der Waals surface area (Å²) in [5.41, 5.74) is 2.05. The second-order valence-corrected chi connectivity index (χ2v) is 8.87. The molecule has 1 amide bonds. The molecule has 0 radical (unpaired) electrons. The molecule has 1 atom stereocenters. The second-order valence-electron chi connectivity index (χ2n) is 8.87. The van der Waals surface area contributed by atoms with Crippen molar-refractivity contribution in [1.82, 2.24) is 4.90 Å². The summed E-state index contributed by atoms with van der Waals surface area (Å²) in [4.78, 5) is 27.8. The number of ether oxygens (including phenoxy) is 3. The Balaban J connectivity index is 2.04. The van der Waals surface area contributed by atoms with E-state index in [9.17, 15) is 14.7 Å². The zero-order chi connectivity index (χ0) is 25.5. The van der Waals surface area contributed by atoms with Crippen LogP contribution in [0.4, 0.5) is 0 Å². The summed E-state index contributed by atoms with van der Waals surface area (Å²) in [6, 6.07) is 11.7. The second kappa shape index (κ2) is 11.9. The predicted octanol–water partition coefficient (Wildman–Crippen LogP) is 5.03. The first-order valence-corrected chi connectivity index (χ1v) is 12.1. The van der Waals surface area contributed by atoms with Crippen molar-refractivity contribution in [2.24, 2.45) is 0 Å². The van der Waals surface area contributed by atoms with E-state index in [1.54, 1.807) is 43.5 Å². The molecule has 0 spiro atoms. The Morgan fingerprint density at radius 1 is 1.11 bits per heavy atom. The zero-order valence-corrected chi connectivity index (χ0v) is 21.2. The lowest BCUT2D eigenvalue weighted by Crippen LogP contribution is -2.31. The van der Waals surface area contributed by atoms with Crippen LogP contribution in [0, 0.1) is 6.92 Å². The Bertz CT molecular complexity index is 1090. The minimum atomic E-state index is -0.736. The summed E-state index contributed by atoms with van der Waals surface area (Å²) in [7, 11) is 1.56. The molecule has 188 valence electrons. The number of hydrogen-bond acceptors (Lipinski definition) is 6. The molecule has 1 N–H and O–H groups in total. The van der Waals surface area contributed by atoms with E-state index in [0.29, 0.717) is 43.1 Å². The highest BCUT2D eigenvalue weighted by Crippen LogP contribution is 2.40. The molecule has 1 saturated heterocycles. The molecular formula is C28H35NO6. The van der Waals surface area contributed by atoms with Gasteiger partial charge < -0.3 is 24.2 Å². The fourth-order valence-electron chi connectivity index (χ4n) is 4.15. The maximum absolute atomic E-state index is 13.2. The fraction of sp³-hybridized carbons (Fsp3) is 0.429. The molecule has 1 aliphatic heterocycles. The Hall–Kier alpha value is -3.32. The molecule has 3 rings (SSSR count). The lowest BCUT2D eigenvalue weighted by Gasteiger charge is -2.26. The van der Waals surface area contributed by atoms with Gasteiger partial charge in [0, 0.05) is 18.7 Å². The van der Waals surface area contributed by atoms with Crippen molar-refractivity contribution >= 4 is 17.4 Å². The molecule has 7 heteroatoms. The van der Waals surface area contributed by atoms with E-state index in [4.69, 9.17) is 14.2 Å². The van der Waals surface area contributed by atoms with E-state index in [0.717, 1.165) is 17.7 Å². The number of likely N-dealkylation sites (tertiary alicyclic amines) is 1. The van der Waals surface area contributed by atoms with Crippen LogP contribution in [0.5, 0.6) is 11.5 Å². The van der Waals surface area contributed by atoms with Gasteiger partial charge in [-0.1, -0.05) is 19.1 Å². The number of rotatable bonds is 11. The minimum absolute atomic E-state index is 0.0645. The number of aryl methyl sites for hydroxylation is 1. The molecule has 1 heterocycles. The monoisotopic (exact) mass is 481 g/mol. The van der Waals surface area contributed by atoms with Gasteiger partial charge >= 0.3 is 0 Å². The topological polar surface area (TPSA) is 85.3 Å². The Labute approximate surface area is 207 Å². The molecule has 35 heavy (non-hydrogen) atoms. The standard InChI is InChI=1S/C28H35NO6/c1-6-14-35-23-12-11-21(16-19(23)4)26(30)24-25(20-9-7-10-22(17-20)33-5)29(28(32)27(24)31)13-8-15-34-18(2)3/h7,9-12,16-18,25,30H,6,8,13-15H2,1-5H3/b26-24-. The Morgan fingerprint density at radius 2 is 1.89 bits per heavy atom. The number of methoxy groups -OCH3 is 1. The fourth-order valence-corrected chi connectivity index (χ4v) is 4.15. The molecular weight excluding hydrogens is 446 g/mol. The van der Waals surface area contributed by atoms with Crippen molar-refractivity contribution in [3.8, 4) is 11.5 Å². The van der Waals surface area contributed by atoms with Crippen LogP contribution in [-0.4, -0.2) is 54.7 Å². The number of ketones is 1. The third-order valence-corrected chi connectivity index (χ3v) is 5.85. The molecule has 0 saturated carbocycles. The summed E-state index contributed by atoms with van der Waals surface area (Å²) in [5.74, 6) is -0.224. The first-order chi connectivity index (χ1) is 16.8. The van der Waals surface area contributed by atoms with Crippen molar-refractivity contribution in [3.05, 3.63) is 64.7 Å². The number of amides is 1. The van der Waals surface area contributed by atoms with Crippen LogP contribution >= 0.6 is 0 Å². The maximum Gasteiger partial charge on any atom is 0.295 e. The van der Waals surface area contributed by atoms with E-state index in [-0.39, 0.29) is 17.4 Å². The average molecular weight is 482 g/mol. The average Bonchev–Trinajstić information content (AvgIpc) is 3.10. The molecule has 0 aromatic heterocycles. The molecule has 2 aromatic rings. The summed E-state index contributed by atoms with van der Waals surface area (Å²) in [5, 5.41) is 11.3. The van der Waals surface area contributed by atoms with Gasteiger partial charge in [-0.2, -0.15) is 0 Å². The Kier molecular flexibility index (Phi) is 8.93. The van der Waals surface area contributed by atoms with E-state index in [1.807, 2.05) is 33.8 Å². The highest BCUT2D eigenvalue weighted by Gasteiger charge is 2.45. The van der Waals surface area contributed by atoms with E-state index >= 15 is 0 Å². The van der Waals surface area contributed by atoms with Gasteiger partial charge in [0.2, 0.25) is 0 Å². The third kappa shape index (κ3) is 6.03. The molecule has 1 aliphatic rings. The van der Waals surface area contributed by atoms with Crippen LogP contribution < -0.4 is 9.47 Å². The molecule has 2 aromatic carbocycles. The first kappa shape index (κ1) is 26.3. The van der Waals surface area contributed by atoms with Crippen LogP contribution in [0.25, 0.3) is 5.76 Å². The highest BCUT2D eigenvalue weighted by molar-refractivity contribution is 6.46. The number of nitrogens with zero attached hydrogens (tertiary/aromatic N) is 1. The third-order valence-electron chi connectivity index (χ3n) is 5.85. The van der Waals surface area contributed by atoms with Crippen molar-refractivity contribution in [3.63, 3.8) is 0 Å². The summed E-state index contributed by atoms with van der Waals surface area (Å²) < 4.78 is 16.7. The lowest BCUT2D eigenvalue weighted by atomic mass is 9.94. The van der Waals surface area contributed by atoms with Gasteiger partial charge in [-0.3, -0.25) is 9.59 Å². The number of Topliss-reactive ketones (excluding diaryl/α,β-unsaturated/α-hetero) is 1. The van der Waals surface area contributed by atoms with Gasteiger partial charge in [0.1, 0.15) is 17.3 Å². The van der Waals surface area contributed by atoms with E-state index in [1.165, 1.54) is 4.90 Å². The van der Waals surface area contributed by atoms with Crippen LogP contribution in [0.15, 0.2) is 48.0 Å². The van der Waals surface area contributed by atoms with Gasteiger partial charge in [-0.05, 0) is 75.1 Å². The van der Waals surface area contributed by atoms with Gasteiger partial charge in [0.15, 0.2) is 0 Å². The number of benzene rings is 2. The van der Waals surface area contributed by atoms with Crippen LogP contribution in [0.3, 0.4) is 0 Å². The van der Waals surface area contributed by atoms with Gasteiger partial charge in [-0.15, -0.1) is 0 Å². The molecule has 0 bridgehead atoms. The van der Waals surface area contributed by atoms with Crippen molar-refractivity contribution in [2.45, 2.75) is 52.7 Å². The van der Waals surface area contributed by atoms with Crippen molar-refractivity contribution < 1.29 is 28.9 Å². The van der Waals surface area contributed by atoms with E-state index < -0.39 is 17.7 Å². The number of carbonyl (C=O) groups is 2. The highest BCUT2D eigenvalue weighted by atomic mass is 16.5. The molecule has 1 fully saturated rings. The summed E-state index contributed by atoms with van der Waals surface area (Å²) >= 11 is 0. The van der Waals surface area contributed by atoms with Gasteiger partial charge in [0.25, 0.3) is 11.7 Å². The van der Waals surface area contributed by atoms with Crippen LogP contribution in [-0.2, 0) is 14.3 Å². The van der Waals surface area contributed by atoms with Gasteiger partial charge in [-0.25, -0.2) is 0 Å². The molecule has 1 unspecified atom stereocenters. The number of aliphatic hydroxyl groups is 1. The minimum Gasteiger partial charge on any atom is -0.507 e. The molecule has 7 nitrogen and oxygen atoms in total. The van der Waals surface area contributed by atoms with Crippen molar-refractivity contribution in [1.29, 1.82) is 0 Å². The maximum atomic E-state index is 13.2. The molecule has 0 aliphatic carbocycles. The smallest absolute Gasteiger partial charge is 0.295 e. The van der Waals surface area contributed by atoms with Crippen LogP contribution in [0.1, 0.15) is 56.3 Å².